The second-order valence-electron chi connectivity index (χ2n) is 4.17. The van der Waals surface area contributed by atoms with Crippen molar-refractivity contribution in [3.8, 4) is 0 Å². The van der Waals surface area contributed by atoms with Crippen LogP contribution in [0.15, 0.2) is 0 Å². The zero-order chi connectivity index (χ0) is 8.39. The molecule has 1 aliphatic carbocycles. The fraction of sp³-hybridized carbons (Fsp3) is 1.00. The molecule has 1 heterocycles. The zero-order valence-electron chi connectivity index (χ0n) is 7.88. The molecule has 1 aliphatic heterocycles. The molecule has 0 aromatic carbocycles. The maximum Gasteiger partial charge on any atom is 0.0700 e. The van der Waals surface area contributed by atoms with E-state index in [4.69, 9.17) is 4.74 Å². The Morgan fingerprint density at radius 2 is 2.25 bits per heavy atom. The van der Waals surface area contributed by atoms with Crippen LogP contribution in [0.4, 0.5) is 0 Å². The van der Waals surface area contributed by atoms with Gasteiger partial charge in [0, 0.05) is 19.2 Å². The van der Waals surface area contributed by atoms with E-state index in [9.17, 15) is 0 Å². The van der Waals surface area contributed by atoms with Crippen LogP contribution in [0.3, 0.4) is 0 Å². The quantitative estimate of drug-likeness (QED) is 0.689. The predicted molar refractivity (Wildman–Crippen MR) is 49.2 cm³/mol. The average Bonchev–Trinajstić information content (AvgIpc) is 2.80. The molecule has 1 saturated carbocycles. The molecule has 0 aromatic heterocycles. The van der Waals surface area contributed by atoms with Gasteiger partial charge in [0.2, 0.25) is 0 Å². The van der Waals surface area contributed by atoms with E-state index in [-0.39, 0.29) is 0 Å². The first kappa shape index (κ1) is 8.52. The summed E-state index contributed by atoms with van der Waals surface area (Å²) in [5, 5.41) is 3.56. The van der Waals surface area contributed by atoms with Gasteiger partial charge >= 0.3 is 0 Å². The normalized spacial score (nSPS) is 32.2. The van der Waals surface area contributed by atoms with E-state index in [2.05, 4.69) is 12.2 Å². The number of nitrogens with one attached hydrogen (secondary N) is 1. The maximum absolute atomic E-state index is 5.54. The number of rotatable bonds is 4. The summed E-state index contributed by atoms with van der Waals surface area (Å²) in [6, 6.07) is 0.717. The minimum Gasteiger partial charge on any atom is -0.377 e. The van der Waals surface area contributed by atoms with Gasteiger partial charge in [0.25, 0.3) is 0 Å². The lowest BCUT2D eigenvalue weighted by atomic mass is 10.2. The molecule has 1 N–H and O–H groups in total. The summed E-state index contributed by atoms with van der Waals surface area (Å²) in [4.78, 5) is 0. The number of ether oxygens (including phenoxy) is 1. The molecule has 0 unspecified atom stereocenters. The summed E-state index contributed by atoms with van der Waals surface area (Å²) in [6.07, 6.45) is 5.87. The second kappa shape index (κ2) is 3.75. The molecule has 0 spiro atoms. The molecule has 1 saturated heterocycles. The topological polar surface area (TPSA) is 21.3 Å². The van der Waals surface area contributed by atoms with Crippen molar-refractivity contribution in [3.05, 3.63) is 0 Å². The van der Waals surface area contributed by atoms with Gasteiger partial charge in [-0.1, -0.05) is 0 Å². The Hall–Kier alpha value is -0.0800. The predicted octanol–water partition coefficient (Wildman–Crippen LogP) is 1.55. The van der Waals surface area contributed by atoms with Crippen LogP contribution >= 0.6 is 0 Å². The highest BCUT2D eigenvalue weighted by Crippen LogP contribution is 2.32. The van der Waals surface area contributed by atoms with Crippen LogP contribution in [0.2, 0.25) is 0 Å². The summed E-state index contributed by atoms with van der Waals surface area (Å²) in [7, 11) is 0. The molecule has 0 amide bonds. The van der Waals surface area contributed by atoms with Crippen LogP contribution in [-0.4, -0.2) is 25.3 Å². The molecule has 2 nitrogen and oxygen atoms in total. The Balaban J connectivity index is 1.60. The summed E-state index contributed by atoms with van der Waals surface area (Å²) >= 11 is 0. The van der Waals surface area contributed by atoms with Crippen molar-refractivity contribution in [2.75, 3.05) is 13.2 Å². The molecule has 2 fully saturated rings. The first-order valence-corrected chi connectivity index (χ1v) is 5.21. The van der Waals surface area contributed by atoms with Gasteiger partial charge in [-0.25, -0.2) is 0 Å². The van der Waals surface area contributed by atoms with Crippen LogP contribution in [0.1, 0.15) is 32.6 Å². The van der Waals surface area contributed by atoms with Gasteiger partial charge < -0.3 is 10.1 Å². The van der Waals surface area contributed by atoms with Crippen molar-refractivity contribution in [1.82, 2.24) is 5.32 Å². The van der Waals surface area contributed by atoms with E-state index >= 15 is 0 Å². The van der Waals surface area contributed by atoms with Gasteiger partial charge in [-0.3, -0.25) is 0 Å². The number of hydrogen-bond acceptors (Lipinski definition) is 2. The van der Waals surface area contributed by atoms with Crippen LogP contribution in [0.25, 0.3) is 0 Å². The Kier molecular flexibility index (Phi) is 2.66. The lowest BCUT2D eigenvalue weighted by Crippen LogP contribution is -2.34. The molecule has 2 heteroatoms. The minimum atomic E-state index is 0.506. The van der Waals surface area contributed by atoms with Crippen LogP contribution in [0, 0.1) is 5.92 Å². The summed E-state index contributed by atoms with van der Waals surface area (Å²) in [6.45, 7) is 4.34. The van der Waals surface area contributed by atoms with E-state index in [1.807, 2.05) is 0 Å². The van der Waals surface area contributed by atoms with Gasteiger partial charge in [-0.05, 0) is 38.5 Å². The van der Waals surface area contributed by atoms with Crippen molar-refractivity contribution in [2.24, 2.45) is 5.92 Å². The second-order valence-corrected chi connectivity index (χ2v) is 4.17. The van der Waals surface area contributed by atoms with Crippen molar-refractivity contribution in [1.29, 1.82) is 0 Å². The monoisotopic (exact) mass is 169 g/mol. The molecule has 2 rings (SSSR count). The average molecular weight is 169 g/mol. The summed E-state index contributed by atoms with van der Waals surface area (Å²) in [5.41, 5.74) is 0. The van der Waals surface area contributed by atoms with E-state index in [1.54, 1.807) is 0 Å². The fourth-order valence-electron chi connectivity index (χ4n) is 1.89. The lowest BCUT2D eigenvalue weighted by molar-refractivity contribution is 0.107. The summed E-state index contributed by atoms with van der Waals surface area (Å²) in [5.74, 6) is 0.964. The Morgan fingerprint density at radius 3 is 2.83 bits per heavy atom. The van der Waals surface area contributed by atoms with Crippen LogP contribution in [0.5, 0.6) is 0 Å². The third kappa shape index (κ3) is 2.20. The highest BCUT2D eigenvalue weighted by atomic mass is 16.5. The van der Waals surface area contributed by atoms with Gasteiger partial charge in [-0.15, -0.1) is 0 Å². The molecule has 2 atom stereocenters. The van der Waals surface area contributed by atoms with Crippen LogP contribution in [-0.2, 0) is 4.74 Å². The Bertz CT molecular complexity index is 137. The Labute approximate surface area is 74.7 Å². The van der Waals surface area contributed by atoms with Crippen LogP contribution < -0.4 is 5.32 Å². The van der Waals surface area contributed by atoms with Gasteiger partial charge in [0.05, 0.1) is 6.10 Å². The standard InChI is InChI=1S/C10H19NO/c1-8(9-4-5-9)11-7-10-3-2-6-12-10/h8-11H,2-7H2,1H3/t8-,10-/m1/s1. The third-order valence-corrected chi connectivity index (χ3v) is 3.02. The van der Waals surface area contributed by atoms with Crippen molar-refractivity contribution < 1.29 is 4.74 Å². The highest BCUT2D eigenvalue weighted by Gasteiger charge is 2.28. The SMILES string of the molecule is C[C@@H](NC[C@H]1CCCO1)C1CC1. The van der Waals surface area contributed by atoms with E-state index < -0.39 is 0 Å². The third-order valence-electron chi connectivity index (χ3n) is 3.02. The van der Waals surface area contributed by atoms with Crippen molar-refractivity contribution >= 4 is 0 Å². The van der Waals surface area contributed by atoms with Crippen molar-refractivity contribution in [2.45, 2.75) is 44.8 Å². The molecular formula is C10H19NO. The van der Waals surface area contributed by atoms with Gasteiger partial charge in [0.1, 0.15) is 0 Å². The molecule has 2 aliphatic rings. The highest BCUT2D eigenvalue weighted by molar-refractivity contribution is 4.84. The molecular weight excluding hydrogens is 150 g/mol. The largest absolute Gasteiger partial charge is 0.377 e. The van der Waals surface area contributed by atoms with E-state index in [0.717, 1.165) is 19.1 Å². The van der Waals surface area contributed by atoms with Gasteiger partial charge in [0.15, 0.2) is 0 Å². The molecule has 0 bridgehead atoms. The van der Waals surface area contributed by atoms with Gasteiger partial charge in [-0.2, -0.15) is 0 Å². The number of hydrogen-bond donors (Lipinski definition) is 1. The minimum absolute atomic E-state index is 0.506. The molecule has 0 radical (unpaired) electrons. The Morgan fingerprint density at radius 1 is 1.42 bits per heavy atom. The molecule has 12 heavy (non-hydrogen) atoms. The molecule has 0 aromatic rings. The van der Waals surface area contributed by atoms with E-state index in [1.165, 1.54) is 25.7 Å². The zero-order valence-corrected chi connectivity index (χ0v) is 7.88. The first-order chi connectivity index (χ1) is 5.86. The van der Waals surface area contributed by atoms with Crippen molar-refractivity contribution in [3.63, 3.8) is 0 Å². The molecule has 70 valence electrons. The first-order valence-electron chi connectivity index (χ1n) is 5.21. The smallest absolute Gasteiger partial charge is 0.0700 e. The lowest BCUT2D eigenvalue weighted by Gasteiger charge is -2.15. The fourth-order valence-corrected chi connectivity index (χ4v) is 1.89. The van der Waals surface area contributed by atoms with E-state index in [0.29, 0.717) is 12.1 Å². The summed E-state index contributed by atoms with van der Waals surface area (Å²) < 4.78 is 5.54. The maximum atomic E-state index is 5.54.